The third kappa shape index (κ3) is 2.13. The van der Waals surface area contributed by atoms with Crippen LogP contribution in [-0.2, 0) is 16.4 Å². The zero-order valence-corrected chi connectivity index (χ0v) is 11.9. The Morgan fingerprint density at radius 3 is 2.58 bits per heavy atom. The standard InChI is InChI=1S/C15H19NO2S/c1-2-12-6-10-15(11-7-12)19(17,18)16-13-4-3-5-14(16)9-8-13/h3-4,6-7,10-11,13-14H,2,5,8-9H2,1H3. The van der Waals surface area contributed by atoms with Crippen molar-refractivity contribution in [3.05, 3.63) is 42.0 Å². The van der Waals surface area contributed by atoms with Gasteiger partial charge in [-0.15, -0.1) is 0 Å². The number of benzene rings is 1. The maximum atomic E-state index is 12.7. The summed E-state index contributed by atoms with van der Waals surface area (Å²) in [5.41, 5.74) is 1.17. The molecule has 3 rings (SSSR count). The Morgan fingerprint density at radius 1 is 1.21 bits per heavy atom. The number of hydrogen-bond acceptors (Lipinski definition) is 2. The van der Waals surface area contributed by atoms with E-state index < -0.39 is 10.0 Å². The van der Waals surface area contributed by atoms with Crippen molar-refractivity contribution >= 4 is 10.0 Å². The van der Waals surface area contributed by atoms with Crippen molar-refractivity contribution in [3.63, 3.8) is 0 Å². The Balaban J connectivity index is 1.96. The van der Waals surface area contributed by atoms with Crippen molar-refractivity contribution < 1.29 is 8.42 Å². The van der Waals surface area contributed by atoms with Gasteiger partial charge in [-0.25, -0.2) is 8.42 Å². The van der Waals surface area contributed by atoms with Crippen molar-refractivity contribution in [3.8, 4) is 0 Å². The molecular formula is C15H19NO2S. The molecule has 0 spiro atoms. The van der Waals surface area contributed by atoms with Crippen molar-refractivity contribution in [2.75, 3.05) is 0 Å². The van der Waals surface area contributed by atoms with Crippen LogP contribution in [0.15, 0.2) is 41.3 Å². The molecule has 2 aliphatic rings. The molecule has 2 heterocycles. The summed E-state index contributed by atoms with van der Waals surface area (Å²) in [6.07, 6.45) is 7.87. The Bertz CT molecular complexity index is 589. The highest BCUT2D eigenvalue weighted by molar-refractivity contribution is 7.89. The van der Waals surface area contributed by atoms with Gasteiger partial charge in [0.15, 0.2) is 0 Å². The average molecular weight is 277 g/mol. The van der Waals surface area contributed by atoms with Gasteiger partial charge in [-0.05, 0) is 43.4 Å². The average Bonchev–Trinajstić information content (AvgIpc) is 2.70. The van der Waals surface area contributed by atoms with E-state index in [0.717, 1.165) is 25.7 Å². The summed E-state index contributed by atoms with van der Waals surface area (Å²) in [5, 5.41) is 0. The first kappa shape index (κ1) is 12.9. The Labute approximate surface area is 115 Å². The van der Waals surface area contributed by atoms with E-state index in [-0.39, 0.29) is 12.1 Å². The van der Waals surface area contributed by atoms with E-state index in [4.69, 9.17) is 0 Å². The van der Waals surface area contributed by atoms with Gasteiger partial charge in [-0.1, -0.05) is 31.2 Å². The number of nitrogens with zero attached hydrogens (tertiary/aromatic N) is 1. The number of aryl methyl sites for hydroxylation is 1. The first-order valence-corrected chi connectivity index (χ1v) is 8.36. The van der Waals surface area contributed by atoms with Crippen LogP contribution in [0.3, 0.4) is 0 Å². The Kier molecular flexibility index (Phi) is 3.23. The molecule has 4 heteroatoms. The fraction of sp³-hybridized carbons (Fsp3) is 0.467. The van der Waals surface area contributed by atoms with E-state index in [1.807, 2.05) is 18.2 Å². The first-order valence-electron chi connectivity index (χ1n) is 6.92. The minimum Gasteiger partial charge on any atom is -0.207 e. The lowest BCUT2D eigenvalue weighted by molar-refractivity contribution is 0.341. The van der Waals surface area contributed by atoms with Gasteiger partial charge in [0.2, 0.25) is 10.0 Å². The molecule has 2 aliphatic heterocycles. The van der Waals surface area contributed by atoms with Crippen LogP contribution >= 0.6 is 0 Å². The lowest BCUT2D eigenvalue weighted by Crippen LogP contribution is -2.41. The summed E-state index contributed by atoms with van der Waals surface area (Å²) in [7, 11) is -3.34. The van der Waals surface area contributed by atoms with Crippen LogP contribution in [0.2, 0.25) is 0 Å². The molecular weight excluding hydrogens is 258 g/mol. The zero-order chi connectivity index (χ0) is 13.5. The largest absolute Gasteiger partial charge is 0.243 e. The number of hydrogen-bond donors (Lipinski definition) is 0. The highest BCUT2D eigenvalue weighted by Gasteiger charge is 2.42. The van der Waals surface area contributed by atoms with Crippen LogP contribution in [0, 0.1) is 0 Å². The molecule has 0 aromatic heterocycles. The summed E-state index contributed by atoms with van der Waals surface area (Å²) in [6, 6.07) is 7.53. The topological polar surface area (TPSA) is 37.4 Å². The second kappa shape index (κ2) is 4.76. The van der Waals surface area contributed by atoms with E-state index in [1.54, 1.807) is 16.4 Å². The molecule has 1 aromatic carbocycles. The van der Waals surface area contributed by atoms with E-state index >= 15 is 0 Å². The van der Waals surface area contributed by atoms with E-state index in [0.29, 0.717) is 4.90 Å². The second-order valence-electron chi connectivity index (χ2n) is 5.29. The minimum atomic E-state index is -3.34. The predicted molar refractivity (Wildman–Crippen MR) is 75.4 cm³/mol. The van der Waals surface area contributed by atoms with Crippen LogP contribution in [0.5, 0.6) is 0 Å². The van der Waals surface area contributed by atoms with Gasteiger partial charge >= 0.3 is 0 Å². The lowest BCUT2D eigenvalue weighted by atomic mass is 10.2. The van der Waals surface area contributed by atoms with Gasteiger partial charge < -0.3 is 0 Å². The summed E-state index contributed by atoms with van der Waals surface area (Å²) in [6.45, 7) is 2.07. The molecule has 2 unspecified atom stereocenters. The van der Waals surface area contributed by atoms with Crippen LogP contribution in [-0.4, -0.2) is 24.8 Å². The molecule has 1 fully saturated rings. The quantitative estimate of drug-likeness (QED) is 0.797. The highest BCUT2D eigenvalue weighted by atomic mass is 32.2. The minimum absolute atomic E-state index is 0.0644. The summed E-state index contributed by atoms with van der Waals surface area (Å²) in [4.78, 5) is 0.428. The summed E-state index contributed by atoms with van der Waals surface area (Å²) >= 11 is 0. The smallest absolute Gasteiger partial charge is 0.207 e. The molecule has 0 amide bonds. The molecule has 1 aromatic rings. The molecule has 3 nitrogen and oxygen atoms in total. The van der Waals surface area contributed by atoms with Crippen LogP contribution < -0.4 is 0 Å². The molecule has 0 saturated carbocycles. The normalized spacial score (nSPS) is 26.8. The fourth-order valence-corrected chi connectivity index (χ4v) is 4.92. The molecule has 19 heavy (non-hydrogen) atoms. The zero-order valence-electron chi connectivity index (χ0n) is 11.1. The van der Waals surface area contributed by atoms with Gasteiger partial charge in [0, 0.05) is 12.1 Å². The SMILES string of the molecule is CCc1ccc(S(=O)(=O)N2C3C=CCC2CC3)cc1. The Hall–Kier alpha value is -1.13. The van der Waals surface area contributed by atoms with Crippen molar-refractivity contribution in [2.24, 2.45) is 0 Å². The third-order valence-corrected chi connectivity index (χ3v) is 6.15. The molecule has 0 radical (unpaired) electrons. The summed E-state index contributed by atoms with van der Waals surface area (Å²) < 4.78 is 27.2. The molecule has 1 saturated heterocycles. The maximum absolute atomic E-state index is 12.7. The lowest BCUT2D eigenvalue weighted by Gasteiger charge is -2.30. The number of fused-ring (bicyclic) bond motifs is 2. The summed E-state index contributed by atoms with van der Waals surface area (Å²) in [5.74, 6) is 0. The van der Waals surface area contributed by atoms with Crippen molar-refractivity contribution in [1.82, 2.24) is 4.31 Å². The number of rotatable bonds is 3. The first-order chi connectivity index (χ1) is 9.13. The van der Waals surface area contributed by atoms with Crippen LogP contribution in [0.4, 0.5) is 0 Å². The van der Waals surface area contributed by atoms with Crippen LogP contribution in [0.1, 0.15) is 31.7 Å². The van der Waals surface area contributed by atoms with Crippen LogP contribution in [0.25, 0.3) is 0 Å². The second-order valence-corrected chi connectivity index (χ2v) is 7.14. The predicted octanol–water partition coefficient (Wildman–Crippen LogP) is 2.73. The van der Waals surface area contributed by atoms with Gasteiger partial charge in [0.1, 0.15) is 0 Å². The Morgan fingerprint density at radius 2 is 1.95 bits per heavy atom. The van der Waals surface area contributed by atoms with Gasteiger partial charge in [-0.2, -0.15) is 4.31 Å². The monoisotopic (exact) mass is 277 g/mol. The van der Waals surface area contributed by atoms with Gasteiger partial charge in [0.25, 0.3) is 0 Å². The van der Waals surface area contributed by atoms with Crippen molar-refractivity contribution in [2.45, 2.75) is 49.6 Å². The molecule has 2 bridgehead atoms. The molecule has 0 N–H and O–H groups in total. The van der Waals surface area contributed by atoms with Gasteiger partial charge in [-0.3, -0.25) is 0 Å². The maximum Gasteiger partial charge on any atom is 0.243 e. The molecule has 102 valence electrons. The van der Waals surface area contributed by atoms with E-state index in [2.05, 4.69) is 13.0 Å². The molecule has 2 atom stereocenters. The fourth-order valence-electron chi connectivity index (χ4n) is 3.08. The molecule has 0 aliphatic carbocycles. The van der Waals surface area contributed by atoms with E-state index in [9.17, 15) is 8.42 Å². The highest BCUT2D eigenvalue weighted by Crippen LogP contribution is 2.36. The van der Waals surface area contributed by atoms with Gasteiger partial charge in [0.05, 0.1) is 4.90 Å². The number of sulfonamides is 1. The van der Waals surface area contributed by atoms with Crippen molar-refractivity contribution in [1.29, 1.82) is 0 Å². The third-order valence-electron chi connectivity index (χ3n) is 4.16. The van der Waals surface area contributed by atoms with E-state index in [1.165, 1.54) is 5.56 Å².